The van der Waals surface area contributed by atoms with Crippen LogP contribution in [0.25, 0.3) is 0 Å². The van der Waals surface area contributed by atoms with Crippen molar-refractivity contribution in [2.45, 2.75) is 19.1 Å². The lowest BCUT2D eigenvalue weighted by molar-refractivity contribution is -0.113. The Morgan fingerprint density at radius 1 is 0.818 bits per heavy atom. The number of para-hydroxylation sites is 3. The number of hydrogen-bond acceptors (Lipinski definition) is 4. The van der Waals surface area contributed by atoms with Gasteiger partial charge in [0.1, 0.15) is 23.9 Å². The molecule has 0 aliphatic heterocycles. The fourth-order valence-corrected chi connectivity index (χ4v) is 3.27. The second-order valence-electron chi connectivity index (χ2n) is 7.26. The van der Waals surface area contributed by atoms with Gasteiger partial charge in [0.15, 0.2) is 18.0 Å². The molecule has 2 atom stereocenters. The topological polar surface area (TPSA) is 44.8 Å². The maximum Gasteiger partial charge on any atom is 0.173 e. The van der Waals surface area contributed by atoms with Gasteiger partial charge < -0.3 is 14.2 Å². The molecule has 3 rings (SSSR count). The highest BCUT2D eigenvalue weighted by Crippen LogP contribution is 2.20. The molecule has 33 heavy (non-hydrogen) atoms. The standard InChI is InChI=1S/C28H27ClO4/c1-22(30)23(20-29)12-11-19-27(32-25-15-7-3-8-16-25)28(33-26-17-9-4-10-18-26)21-31-24-13-5-2-6-14-24/h2-19,27-28H,20-21H2,1H3/b19-11+,23-12+/t27-,28+/m1/s1. The molecule has 0 spiro atoms. The quantitative estimate of drug-likeness (QED) is 0.181. The Labute approximate surface area is 200 Å². The van der Waals surface area contributed by atoms with Gasteiger partial charge in [0.25, 0.3) is 0 Å². The number of ether oxygens (including phenoxy) is 3. The van der Waals surface area contributed by atoms with Gasteiger partial charge in [0, 0.05) is 5.57 Å². The average molecular weight is 463 g/mol. The first-order chi connectivity index (χ1) is 16.2. The second-order valence-corrected chi connectivity index (χ2v) is 7.52. The zero-order chi connectivity index (χ0) is 23.3. The van der Waals surface area contributed by atoms with Crippen LogP contribution in [0.15, 0.2) is 115 Å². The predicted octanol–water partition coefficient (Wildman–Crippen LogP) is 6.27. The summed E-state index contributed by atoms with van der Waals surface area (Å²) in [5, 5.41) is 0. The largest absolute Gasteiger partial charge is 0.490 e. The molecule has 0 radical (unpaired) electrons. The van der Waals surface area contributed by atoms with Crippen molar-refractivity contribution >= 4 is 17.4 Å². The molecule has 0 aromatic heterocycles. The van der Waals surface area contributed by atoms with Crippen LogP contribution >= 0.6 is 11.6 Å². The van der Waals surface area contributed by atoms with E-state index in [1.807, 2.05) is 97.1 Å². The minimum atomic E-state index is -0.504. The molecule has 3 aromatic carbocycles. The van der Waals surface area contributed by atoms with E-state index in [4.69, 9.17) is 25.8 Å². The molecule has 0 saturated heterocycles. The normalized spacial score (nSPS) is 13.3. The molecule has 0 amide bonds. The van der Waals surface area contributed by atoms with Crippen LogP contribution < -0.4 is 14.2 Å². The summed E-state index contributed by atoms with van der Waals surface area (Å²) < 4.78 is 18.6. The van der Waals surface area contributed by atoms with Gasteiger partial charge in [-0.25, -0.2) is 0 Å². The van der Waals surface area contributed by atoms with Crippen molar-refractivity contribution in [3.63, 3.8) is 0 Å². The monoisotopic (exact) mass is 462 g/mol. The van der Waals surface area contributed by atoms with Crippen molar-refractivity contribution in [3.05, 3.63) is 115 Å². The summed E-state index contributed by atoms with van der Waals surface area (Å²) in [6, 6.07) is 28.6. The summed E-state index contributed by atoms with van der Waals surface area (Å²) in [6.07, 6.45) is 4.35. The molecule has 3 aromatic rings. The molecular weight excluding hydrogens is 436 g/mol. The number of ketones is 1. The molecule has 5 heteroatoms. The van der Waals surface area contributed by atoms with Gasteiger partial charge in [-0.2, -0.15) is 0 Å². The third-order valence-corrected chi connectivity index (χ3v) is 5.05. The van der Waals surface area contributed by atoms with Crippen LogP contribution in [-0.2, 0) is 4.79 Å². The van der Waals surface area contributed by atoms with Gasteiger partial charge in [-0.1, -0.05) is 66.7 Å². The van der Waals surface area contributed by atoms with E-state index in [1.54, 1.807) is 12.2 Å². The number of hydrogen-bond donors (Lipinski definition) is 0. The lowest BCUT2D eigenvalue weighted by atomic mass is 10.1. The van der Waals surface area contributed by atoms with Crippen LogP contribution in [0.2, 0.25) is 0 Å². The third kappa shape index (κ3) is 8.17. The minimum absolute atomic E-state index is 0.0697. The fraction of sp³-hybridized carbons (Fsp3) is 0.179. The highest BCUT2D eigenvalue weighted by Gasteiger charge is 2.24. The number of Topliss-reactive ketones (excluding diaryl/α,β-unsaturated/α-hetero) is 1. The summed E-state index contributed by atoms with van der Waals surface area (Å²) in [5.74, 6) is 2.21. The number of alkyl halides is 1. The number of carbonyl (C=O) groups is 1. The van der Waals surface area contributed by atoms with E-state index in [9.17, 15) is 4.79 Å². The first kappa shape index (κ1) is 24.1. The molecular formula is C28H27ClO4. The zero-order valence-electron chi connectivity index (χ0n) is 18.5. The van der Waals surface area contributed by atoms with Crippen molar-refractivity contribution < 1.29 is 19.0 Å². The molecule has 0 bridgehead atoms. The lowest BCUT2D eigenvalue weighted by Gasteiger charge is -2.27. The molecule has 170 valence electrons. The zero-order valence-corrected chi connectivity index (χ0v) is 19.2. The Bertz CT molecular complexity index is 1030. The van der Waals surface area contributed by atoms with Crippen molar-refractivity contribution in [2.75, 3.05) is 12.5 Å². The summed E-state index contributed by atoms with van der Waals surface area (Å²) >= 11 is 5.90. The van der Waals surface area contributed by atoms with Crippen LogP contribution in [0.4, 0.5) is 0 Å². The van der Waals surface area contributed by atoms with E-state index in [2.05, 4.69) is 0 Å². The Balaban J connectivity index is 1.88. The van der Waals surface area contributed by atoms with Crippen molar-refractivity contribution in [3.8, 4) is 17.2 Å². The SMILES string of the molecule is CC(=O)/C(=C/C=C/[C@@H](Oc1ccccc1)[C@H](COc1ccccc1)Oc1ccccc1)CCl. The highest BCUT2D eigenvalue weighted by atomic mass is 35.5. The van der Waals surface area contributed by atoms with Gasteiger partial charge in [0.05, 0.1) is 5.88 Å². The summed E-state index contributed by atoms with van der Waals surface area (Å²) in [6.45, 7) is 1.74. The van der Waals surface area contributed by atoms with E-state index in [0.29, 0.717) is 17.1 Å². The van der Waals surface area contributed by atoms with E-state index in [0.717, 1.165) is 5.75 Å². The number of rotatable bonds is 12. The number of allylic oxidation sites excluding steroid dienone is 3. The summed E-state index contributed by atoms with van der Waals surface area (Å²) in [5.41, 5.74) is 0.521. The molecule has 0 aliphatic rings. The van der Waals surface area contributed by atoms with Crippen molar-refractivity contribution in [1.82, 2.24) is 0 Å². The van der Waals surface area contributed by atoms with E-state index in [-0.39, 0.29) is 18.3 Å². The Morgan fingerprint density at radius 3 is 1.85 bits per heavy atom. The van der Waals surface area contributed by atoms with E-state index in [1.165, 1.54) is 6.92 Å². The number of carbonyl (C=O) groups excluding carboxylic acids is 1. The smallest absolute Gasteiger partial charge is 0.173 e. The first-order valence-electron chi connectivity index (χ1n) is 10.7. The van der Waals surface area contributed by atoms with Gasteiger partial charge in [-0.3, -0.25) is 4.79 Å². The number of halogens is 1. The van der Waals surface area contributed by atoms with Crippen molar-refractivity contribution in [1.29, 1.82) is 0 Å². The van der Waals surface area contributed by atoms with Crippen LogP contribution in [0.3, 0.4) is 0 Å². The summed E-state index contributed by atoms with van der Waals surface area (Å²) in [4.78, 5) is 11.7. The fourth-order valence-electron chi connectivity index (χ4n) is 3.00. The van der Waals surface area contributed by atoms with Gasteiger partial charge >= 0.3 is 0 Å². The van der Waals surface area contributed by atoms with Crippen LogP contribution in [-0.4, -0.2) is 30.5 Å². The van der Waals surface area contributed by atoms with Crippen LogP contribution in [0.1, 0.15) is 6.92 Å². The Hall–Kier alpha value is -3.50. The van der Waals surface area contributed by atoms with Gasteiger partial charge in [-0.15, -0.1) is 11.6 Å². The molecule has 0 N–H and O–H groups in total. The van der Waals surface area contributed by atoms with Crippen LogP contribution in [0.5, 0.6) is 17.2 Å². The molecule has 0 saturated carbocycles. The molecule has 4 nitrogen and oxygen atoms in total. The molecule has 0 unspecified atom stereocenters. The van der Waals surface area contributed by atoms with Crippen molar-refractivity contribution in [2.24, 2.45) is 0 Å². The summed E-state index contributed by atoms with van der Waals surface area (Å²) in [7, 11) is 0. The second kappa shape index (κ2) is 13.1. The first-order valence-corrected chi connectivity index (χ1v) is 11.2. The van der Waals surface area contributed by atoms with Gasteiger partial charge in [-0.05, 0) is 49.4 Å². The number of benzene rings is 3. The maximum absolute atomic E-state index is 11.7. The molecule has 0 heterocycles. The van der Waals surface area contributed by atoms with Crippen LogP contribution in [0, 0.1) is 0 Å². The minimum Gasteiger partial charge on any atom is -0.490 e. The predicted molar refractivity (Wildman–Crippen MR) is 132 cm³/mol. The van der Waals surface area contributed by atoms with Gasteiger partial charge in [0.2, 0.25) is 0 Å². The third-order valence-electron chi connectivity index (χ3n) is 4.76. The molecule has 0 aliphatic carbocycles. The average Bonchev–Trinajstić information content (AvgIpc) is 2.85. The maximum atomic E-state index is 11.7. The Kier molecular flexibility index (Phi) is 9.62. The highest BCUT2D eigenvalue weighted by molar-refractivity contribution is 6.22. The Morgan fingerprint density at radius 2 is 1.33 bits per heavy atom. The molecule has 0 fully saturated rings. The van der Waals surface area contributed by atoms with E-state index >= 15 is 0 Å². The van der Waals surface area contributed by atoms with E-state index < -0.39 is 12.2 Å². The lowest BCUT2D eigenvalue weighted by Crippen LogP contribution is -2.39.